The second-order valence-electron chi connectivity index (χ2n) is 6.29. The van der Waals surface area contributed by atoms with Gasteiger partial charge in [0.05, 0.1) is 12.6 Å². The summed E-state index contributed by atoms with van der Waals surface area (Å²) in [6.45, 7) is 6.27. The van der Waals surface area contributed by atoms with Gasteiger partial charge in [0, 0.05) is 25.6 Å². The minimum atomic E-state index is 0.393. The third kappa shape index (κ3) is 2.49. The second kappa shape index (κ2) is 5.82. The Kier molecular flexibility index (Phi) is 4.08. The van der Waals surface area contributed by atoms with Crippen LogP contribution in [0.5, 0.6) is 0 Å². The number of likely N-dealkylation sites (tertiary alicyclic amines) is 1. The Morgan fingerprint density at radius 3 is 3.05 bits per heavy atom. The molecule has 0 bridgehead atoms. The van der Waals surface area contributed by atoms with Crippen molar-refractivity contribution in [1.29, 1.82) is 0 Å². The molecule has 1 saturated heterocycles. The van der Waals surface area contributed by atoms with Crippen LogP contribution in [-0.2, 0) is 17.8 Å². The highest BCUT2D eigenvalue weighted by molar-refractivity contribution is 4.98. The fraction of sp³-hybridized carbons (Fsp3) is 0.867. The van der Waals surface area contributed by atoms with Crippen molar-refractivity contribution in [2.75, 3.05) is 20.2 Å². The van der Waals surface area contributed by atoms with Gasteiger partial charge < -0.3 is 4.74 Å². The predicted octanol–water partition coefficient (Wildman–Crippen LogP) is 2.08. The number of nitrogens with zero attached hydrogens (tertiary/aromatic N) is 4. The quantitative estimate of drug-likeness (QED) is 0.846. The molecule has 2 heterocycles. The Hall–Kier alpha value is -0.940. The predicted molar refractivity (Wildman–Crippen MR) is 77.3 cm³/mol. The topological polar surface area (TPSA) is 43.2 Å². The van der Waals surface area contributed by atoms with Crippen LogP contribution in [0.15, 0.2) is 6.33 Å². The largest absolute Gasteiger partial charge is 0.381 e. The average molecular weight is 278 g/mol. The third-order valence-electron chi connectivity index (χ3n) is 5.16. The van der Waals surface area contributed by atoms with Crippen LogP contribution in [-0.4, -0.2) is 46.0 Å². The number of piperidine rings is 1. The minimum Gasteiger partial charge on any atom is -0.381 e. The summed E-state index contributed by atoms with van der Waals surface area (Å²) in [6.07, 6.45) is 8.60. The molecule has 3 rings (SSSR count). The molecule has 0 radical (unpaired) electrons. The summed E-state index contributed by atoms with van der Waals surface area (Å²) in [5.41, 5.74) is 0.393. The van der Waals surface area contributed by atoms with Gasteiger partial charge >= 0.3 is 0 Å². The minimum absolute atomic E-state index is 0.393. The first-order valence-corrected chi connectivity index (χ1v) is 7.89. The van der Waals surface area contributed by atoms with E-state index in [1.807, 2.05) is 11.8 Å². The van der Waals surface area contributed by atoms with Crippen molar-refractivity contribution in [3.8, 4) is 0 Å². The highest BCUT2D eigenvalue weighted by Gasteiger charge is 2.45. The van der Waals surface area contributed by atoms with Crippen molar-refractivity contribution in [2.24, 2.45) is 5.41 Å². The zero-order valence-electron chi connectivity index (χ0n) is 12.7. The van der Waals surface area contributed by atoms with Crippen LogP contribution in [0.1, 0.15) is 44.9 Å². The summed E-state index contributed by atoms with van der Waals surface area (Å²) >= 11 is 0. The van der Waals surface area contributed by atoms with Gasteiger partial charge in [0.25, 0.3) is 0 Å². The van der Waals surface area contributed by atoms with Crippen LogP contribution < -0.4 is 0 Å². The molecule has 1 spiro atoms. The number of methoxy groups -OCH3 is 1. The molecule has 2 atom stereocenters. The van der Waals surface area contributed by atoms with E-state index < -0.39 is 0 Å². The second-order valence-corrected chi connectivity index (χ2v) is 6.29. The molecule has 1 saturated carbocycles. The van der Waals surface area contributed by atoms with Crippen LogP contribution >= 0.6 is 0 Å². The lowest BCUT2D eigenvalue weighted by Gasteiger charge is -2.43. The molecule has 1 aliphatic heterocycles. The van der Waals surface area contributed by atoms with Gasteiger partial charge in [-0.05, 0) is 39.2 Å². The fourth-order valence-corrected chi connectivity index (χ4v) is 4.21. The summed E-state index contributed by atoms with van der Waals surface area (Å²) in [4.78, 5) is 6.97. The normalized spacial score (nSPS) is 31.2. The SMILES string of the molecule is CCn1ncnc1CN1CCC[C@]2(CCC[C@H]2OC)C1. The molecule has 1 aliphatic carbocycles. The van der Waals surface area contributed by atoms with E-state index in [0.717, 1.165) is 25.5 Å². The van der Waals surface area contributed by atoms with E-state index in [1.165, 1.54) is 38.6 Å². The highest BCUT2D eigenvalue weighted by Crippen LogP contribution is 2.46. The Bertz CT molecular complexity index is 447. The first kappa shape index (κ1) is 14.0. The smallest absolute Gasteiger partial charge is 0.140 e. The van der Waals surface area contributed by atoms with Crippen LogP contribution in [0.2, 0.25) is 0 Å². The molecule has 1 aromatic heterocycles. The van der Waals surface area contributed by atoms with Crippen molar-refractivity contribution in [3.63, 3.8) is 0 Å². The number of rotatable bonds is 4. The molecule has 2 fully saturated rings. The van der Waals surface area contributed by atoms with Gasteiger partial charge in [-0.15, -0.1) is 0 Å². The van der Waals surface area contributed by atoms with Crippen molar-refractivity contribution in [1.82, 2.24) is 19.7 Å². The van der Waals surface area contributed by atoms with Crippen molar-refractivity contribution < 1.29 is 4.74 Å². The van der Waals surface area contributed by atoms with E-state index in [4.69, 9.17) is 4.74 Å². The van der Waals surface area contributed by atoms with E-state index >= 15 is 0 Å². The molecule has 0 aromatic carbocycles. The van der Waals surface area contributed by atoms with Gasteiger partial charge in [-0.25, -0.2) is 9.67 Å². The maximum Gasteiger partial charge on any atom is 0.140 e. The van der Waals surface area contributed by atoms with Crippen LogP contribution in [0.3, 0.4) is 0 Å². The van der Waals surface area contributed by atoms with E-state index in [9.17, 15) is 0 Å². The number of aryl methyl sites for hydroxylation is 1. The molecule has 2 aliphatic rings. The van der Waals surface area contributed by atoms with Gasteiger partial charge in [0.2, 0.25) is 0 Å². The first-order chi connectivity index (χ1) is 9.77. The Morgan fingerprint density at radius 2 is 2.25 bits per heavy atom. The lowest BCUT2D eigenvalue weighted by Crippen LogP contribution is -2.47. The van der Waals surface area contributed by atoms with E-state index in [2.05, 4.69) is 21.9 Å². The number of hydrogen-bond donors (Lipinski definition) is 0. The first-order valence-electron chi connectivity index (χ1n) is 7.89. The van der Waals surface area contributed by atoms with Crippen molar-refractivity contribution in [2.45, 2.75) is 58.2 Å². The molecule has 1 aromatic rings. The van der Waals surface area contributed by atoms with Gasteiger partial charge in [-0.2, -0.15) is 5.10 Å². The van der Waals surface area contributed by atoms with Gasteiger partial charge in [-0.1, -0.05) is 6.42 Å². The monoisotopic (exact) mass is 278 g/mol. The molecule has 5 nitrogen and oxygen atoms in total. The molecule has 20 heavy (non-hydrogen) atoms. The molecular weight excluding hydrogens is 252 g/mol. The maximum atomic E-state index is 5.77. The molecular formula is C15H26N4O. The molecule has 112 valence electrons. The summed E-state index contributed by atoms with van der Waals surface area (Å²) in [5, 5.41) is 4.27. The number of aromatic nitrogens is 3. The highest BCUT2D eigenvalue weighted by atomic mass is 16.5. The standard InChI is InChI=1S/C15H26N4O/c1-3-19-14(16-12-17-19)10-18-9-5-8-15(11-18)7-4-6-13(15)20-2/h12-13H,3-11H2,1-2H3/t13-,15-/m1/s1. The zero-order chi connectivity index (χ0) is 14.0. The molecule has 0 N–H and O–H groups in total. The lowest BCUT2D eigenvalue weighted by atomic mass is 9.76. The van der Waals surface area contributed by atoms with Gasteiger partial charge in [0.15, 0.2) is 0 Å². The van der Waals surface area contributed by atoms with E-state index in [-0.39, 0.29) is 0 Å². The average Bonchev–Trinajstić information content (AvgIpc) is 3.06. The van der Waals surface area contributed by atoms with Gasteiger partial charge in [0.1, 0.15) is 12.2 Å². The lowest BCUT2D eigenvalue weighted by molar-refractivity contribution is -0.0373. The van der Waals surface area contributed by atoms with Crippen LogP contribution in [0.25, 0.3) is 0 Å². The summed E-state index contributed by atoms with van der Waals surface area (Å²) < 4.78 is 7.78. The van der Waals surface area contributed by atoms with Gasteiger partial charge in [-0.3, -0.25) is 4.90 Å². The summed E-state index contributed by atoms with van der Waals surface area (Å²) in [6, 6.07) is 0. The Morgan fingerprint density at radius 1 is 1.40 bits per heavy atom. The Labute approximate surface area is 121 Å². The Balaban J connectivity index is 1.69. The van der Waals surface area contributed by atoms with E-state index in [0.29, 0.717) is 11.5 Å². The third-order valence-corrected chi connectivity index (χ3v) is 5.16. The zero-order valence-corrected chi connectivity index (χ0v) is 12.7. The number of ether oxygens (including phenoxy) is 1. The number of hydrogen-bond acceptors (Lipinski definition) is 4. The molecule has 0 unspecified atom stereocenters. The van der Waals surface area contributed by atoms with Crippen LogP contribution in [0, 0.1) is 5.41 Å². The van der Waals surface area contributed by atoms with E-state index in [1.54, 1.807) is 6.33 Å². The summed E-state index contributed by atoms with van der Waals surface area (Å²) in [7, 11) is 1.88. The maximum absolute atomic E-state index is 5.77. The fourth-order valence-electron chi connectivity index (χ4n) is 4.21. The summed E-state index contributed by atoms with van der Waals surface area (Å²) in [5.74, 6) is 1.09. The molecule has 0 amide bonds. The van der Waals surface area contributed by atoms with Crippen LogP contribution in [0.4, 0.5) is 0 Å². The molecule has 5 heteroatoms. The van der Waals surface area contributed by atoms with Crippen molar-refractivity contribution in [3.05, 3.63) is 12.2 Å². The van der Waals surface area contributed by atoms with Crippen molar-refractivity contribution >= 4 is 0 Å².